The van der Waals surface area contributed by atoms with E-state index in [0.29, 0.717) is 36.8 Å². The van der Waals surface area contributed by atoms with Crippen molar-refractivity contribution >= 4 is 5.91 Å². The van der Waals surface area contributed by atoms with E-state index in [1.165, 1.54) is 0 Å². The summed E-state index contributed by atoms with van der Waals surface area (Å²) in [4.78, 5) is 12.1. The molecular weight excluding hydrogens is 252 g/mol. The average Bonchev–Trinajstić information content (AvgIpc) is 2.44. The third kappa shape index (κ3) is 5.87. The third-order valence-corrected chi connectivity index (χ3v) is 2.48. The van der Waals surface area contributed by atoms with Crippen molar-refractivity contribution in [1.29, 1.82) is 0 Å². The van der Waals surface area contributed by atoms with Crippen LogP contribution in [0, 0.1) is 17.8 Å². The molecule has 0 saturated heterocycles. The number of hydrogen-bond acceptors (Lipinski definition) is 3. The van der Waals surface area contributed by atoms with E-state index in [-0.39, 0.29) is 12.5 Å². The SMILES string of the molecule is CC(C)COCCNC(=O)c1ccccc1C#CCN. The molecule has 3 N–H and O–H groups in total. The fourth-order valence-electron chi connectivity index (χ4n) is 1.59. The second-order valence-electron chi connectivity index (χ2n) is 4.78. The second kappa shape index (κ2) is 9.13. The van der Waals surface area contributed by atoms with E-state index < -0.39 is 0 Å². The van der Waals surface area contributed by atoms with E-state index >= 15 is 0 Å². The van der Waals surface area contributed by atoms with Gasteiger partial charge in [-0.25, -0.2) is 0 Å². The van der Waals surface area contributed by atoms with Crippen LogP contribution in [0.15, 0.2) is 24.3 Å². The van der Waals surface area contributed by atoms with Crippen molar-refractivity contribution in [3.63, 3.8) is 0 Å². The molecule has 1 aromatic carbocycles. The van der Waals surface area contributed by atoms with Gasteiger partial charge in [0, 0.05) is 18.7 Å². The van der Waals surface area contributed by atoms with Crippen molar-refractivity contribution in [1.82, 2.24) is 5.32 Å². The van der Waals surface area contributed by atoms with Crippen LogP contribution in [0.5, 0.6) is 0 Å². The van der Waals surface area contributed by atoms with Gasteiger partial charge in [0.1, 0.15) is 0 Å². The summed E-state index contributed by atoms with van der Waals surface area (Å²) in [5.74, 6) is 6.02. The van der Waals surface area contributed by atoms with Crippen LogP contribution in [-0.4, -0.2) is 32.2 Å². The molecule has 0 aromatic heterocycles. The molecule has 0 saturated carbocycles. The molecule has 0 atom stereocenters. The van der Waals surface area contributed by atoms with Gasteiger partial charge in [-0.15, -0.1) is 0 Å². The minimum Gasteiger partial charge on any atom is -0.379 e. The zero-order chi connectivity index (χ0) is 14.8. The molecule has 4 nitrogen and oxygen atoms in total. The van der Waals surface area contributed by atoms with Crippen LogP contribution in [0.1, 0.15) is 29.8 Å². The lowest BCUT2D eigenvalue weighted by molar-refractivity contribution is 0.0886. The Morgan fingerprint density at radius 1 is 1.40 bits per heavy atom. The van der Waals surface area contributed by atoms with Crippen LogP contribution in [0.25, 0.3) is 0 Å². The summed E-state index contributed by atoms with van der Waals surface area (Å²) in [6.45, 7) is 6.16. The summed E-state index contributed by atoms with van der Waals surface area (Å²) >= 11 is 0. The van der Waals surface area contributed by atoms with Crippen LogP contribution in [-0.2, 0) is 4.74 Å². The highest BCUT2D eigenvalue weighted by Gasteiger charge is 2.08. The zero-order valence-electron chi connectivity index (χ0n) is 12.1. The van der Waals surface area contributed by atoms with Gasteiger partial charge >= 0.3 is 0 Å². The maximum Gasteiger partial charge on any atom is 0.252 e. The van der Waals surface area contributed by atoms with Gasteiger partial charge < -0.3 is 15.8 Å². The molecule has 0 fully saturated rings. The Balaban J connectivity index is 2.51. The number of benzene rings is 1. The third-order valence-electron chi connectivity index (χ3n) is 2.48. The molecule has 0 aliphatic carbocycles. The molecule has 1 aromatic rings. The van der Waals surface area contributed by atoms with Crippen molar-refractivity contribution in [2.24, 2.45) is 11.7 Å². The van der Waals surface area contributed by atoms with Gasteiger partial charge in [-0.1, -0.05) is 37.8 Å². The molecule has 20 heavy (non-hydrogen) atoms. The van der Waals surface area contributed by atoms with Gasteiger partial charge in [0.25, 0.3) is 5.91 Å². The molecule has 0 aliphatic heterocycles. The van der Waals surface area contributed by atoms with E-state index in [1.54, 1.807) is 6.07 Å². The predicted molar refractivity (Wildman–Crippen MR) is 80.4 cm³/mol. The predicted octanol–water partition coefficient (Wildman–Crippen LogP) is 1.40. The lowest BCUT2D eigenvalue weighted by atomic mass is 10.1. The zero-order valence-corrected chi connectivity index (χ0v) is 12.1. The summed E-state index contributed by atoms with van der Waals surface area (Å²) in [6.07, 6.45) is 0. The molecule has 0 bridgehead atoms. The number of amides is 1. The van der Waals surface area contributed by atoms with Crippen molar-refractivity contribution < 1.29 is 9.53 Å². The molecule has 0 radical (unpaired) electrons. The van der Waals surface area contributed by atoms with E-state index in [9.17, 15) is 4.79 Å². The molecule has 0 heterocycles. The summed E-state index contributed by atoms with van der Waals surface area (Å²) < 4.78 is 5.42. The molecule has 0 aliphatic rings. The van der Waals surface area contributed by atoms with E-state index in [1.807, 2.05) is 18.2 Å². The van der Waals surface area contributed by atoms with Gasteiger partial charge in [0.2, 0.25) is 0 Å². The van der Waals surface area contributed by atoms with Crippen molar-refractivity contribution in [3.05, 3.63) is 35.4 Å². The second-order valence-corrected chi connectivity index (χ2v) is 4.78. The molecule has 0 spiro atoms. The quantitative estimate of drug-likeness (QED) is 0.609. The van der Waals surface area contributed by atoms with Gasteiger partial charge in [0.15, 0.2) is 0 Å². The summed E-state index contributed by atoms with van der Waals surface area (Å²) in [7, 11) is 0. The number of rotatable bonds is 6. The number of nitrogens with one attached hydrogen (secondary N) is 1. The standard InChI is InChI=1S/C16H22N2O2/c1-13(2)12-20-11-10-18-16(19)15-8-4-3-6-14(15)7-5-9-17/h3-4,6,8,13H,9-12,17H2,1-2H3,(H,18,19). The van der Waals surface area contributed by atoms with Gasteiger partial charge in [-0.2, -0.15) is 0 Å². The topological polar surface area (TPSA) is 64.3 Å². The number of carbonyl (C=O) groups is 1. The number of ether oxygens (including phenoxy) is 1. The normalized spacial score (nSPS) is 10.0. The Morgan fingerprint density at radius 3 is 2.85 bits per heavy atom. The van der Waals surface area contributed by atoms with Crippen LogP contribution >= 0.6 is 0 Å². The van der Waals surface area contributed by atoms with Crippen molar-refractivity contribution in [3.8, 4) is 11.8 Å². The minimum atomic E-state index is -0.139. The first-order valence-corrected chi connectivity index (χ1v) is 6.79. The highest BCUT2D eigenvalue weighted by Crippen LogP contribution is 2.06. The van der Waals surface area contributed by atoms with Crippen LogP contribution in [0.2, 0.25) is 0 Å². The molecule has 1 amide bonds. The highest BCUT2D eigenvalue weighted by atomic mass is 16.5. The fraction of sp³-hybridized carbons (Fsp3) is 0.438. The Bertz CT molecular complexity index is 487. The van der Waals surface area contributed by atoms with Crippen LogP contribution in [0.4, 0.5) is 0 Å². The van der Waals surface area contributed by atoms with Crippen molar-refractivity contribution in [2.75, 3.05) is 26.3 Å². The van der Waals surface area contributed by atoms with Gasteiger partial charge in [-0.3, -0.25) is 4.79 Å². The van der Waals surface area contributed by atoms with Crippen LogP contribution in [0.3, 0.4) is 0 Å². The summed E-state index contributed by atoms with van der Waals surface area (Å²) in [6, 6.07) is 7.23. The highest BCUT2D eigenvalue weighted by molar-refractivity contribution is 5.96. The van der Waals surface area contributed by atoms with Crippen molar-refractivity contribution in [2.45, 2.75) is 13.8 Å². The molecule has 0 unspecified atom stereocenters. The monoisotopic (exact) mass is 274 g/mol. The first kappa shape index (κ1) is 16.2. The van der Waals surface area contributed by atoms with E-state index in [2.05, 4.69) is 31.0 Å². The maximum atomic E-state index is 12.1. The lowest BCUT2D eigenvalue weighted by Crippen LogP contribution is -2.28. The first-order valence-electron chi connectivity index (χ1n) is 6.79. The Labute approximate surface area is 120 Å². The first-order chi connectivity index (χ1) is 9.65. The summed E-state index contributed by atoms with van der Waals surface area (Å²) in [5, 5.41) is 2.83. The Kier molecular flexibility index (Phi) is 7.41. The Morgan fingerprint density at radius 2 is 2.15 bits per heavy atom. The minimum absolute atomic E-state index is 0.139. The number of carbonyl (C=O) groups excluding carboxylic acids is 1. The van der Waals surface area contributed by atoms with Crippen LogP contribution < -0.4 is 11.1 Å². The molecular formula is C16H22N2O2. The largest absolute Gasteiger partial charge is 0.379 e. The number of hydrogen-bond donors (Lipinski definition) is 2. The van der Waals surface area contributed by atoms with E-state index in [0.717, 1.165) is 0 Å². The maximum absolute atomic E-state index is 12.1. The number of nitrogens with two attached hydrogens (primary N) is 1. The molecule has 4 heteroatoms. The average molecular weight is 274 g/mol. The molecule has 1 rings (SSSR count). The smallest absolute Gasteiger partial charge is 0.252 e. The fourth-order valence-corrected chi connectivity index (χ4v) is 1.59. The van der Waals surface area contributed by atoms with E-state index in [4.69, 9.17) is 10.5 Å². The summed E-state index contributed by atoms with van der Waals surface area (Å²) in [5.41, 5.74) is 6.61. The Hall–Kier alpha value is -1.83. The molecule has 108 valence electrons. The lowest BCUT2D eigenvalue weighted by Gasteiger charge is -2.09. The van der Waals surface area contributed by atoms with Gasteiger partial charge in [-0.05, 0) is 18.1 Å². The van der Waals surface area contributed by atoms with Gasteiger partial charge in [0.05, 0.1) is 18.7 Å².